The van der Waals surface area contributed by atoms with Crippen LogP contribution in [-0.4, -0.2) is 33.1 Å². The summed E-state index contributed by atoms with van der Waals surface area (Å²) in [5.41, 5.74) is 4.62. The molecule has 0 bridgehead atoms. The number of carbonyl (C=O) groups excluding carboxylic acids is 1. The van der Waals surface area contributed by atoms with Gasteiger partial charge in [0.05, 0.1) is 23.5 Å². The average Bonchev–Trinajstić information content (AvgIpc) is 2.30. The normalized spacial score (nSPS) is 11.6. The first kappa shape index (κ1) is 14.4. The Bertz CT molecular complexity index is 530. The van der Waals surface area contributed by atoms with Gasteiger partial charge < -0.3 is 21.3 Å². The second-order valence-electron chi connectivity index (χ2n) is 3.65. The fraction of sp³-hybridized carbons (Fsp3) is 0.200. The molecule has 0 aliphatic heterocycles. The number of nitrogens with zero attached hydrogens (tertiary/aromatic N) is 1. The zero-order valence-electron chi connectivity index (χ0n) is 9.57. The maximum absolute atomic E-state index is 11.5. The minimum Gasteiger partial charge on any atom is -0.508 e. The molecule has 0 aliphatic rings. The molecule has 0 radical (unpaired) electrons. The van der Waals surface area contributed by atoms with E-state index in [0.29, 0.717) is 0 Å². The highest BCUT2D eigenvalue weighted by Crippen LogP contribution is 2.28. The Hall–Kier alpha value is -2.68. The number of carboxylic acids is 1. The molecule has 0 aliphatic carbocycles. The first-order chi connectivity index (χ1) is 8.81. The number of carbonyl (C=O) groups is 2. The van der Waals surface area contributed by atoms with E-state index in [4.69, 9.17) is 15.9 Å². The van der Waals surface area contributed by atoms with E-state index in [-0.39, 0.29) is 11.4 Å². The molecule has 1 unspecified atom stereocenters. The van der Waals surface area contributed by atoms with E-state index in [1.165, 1.54) is 0 Å². The standard InChI is InChI=1S/C10H11N3O6/c11-6(4-9(15)16)10(17)12-7-2-1-5(14)3-8(7)13(18)19/h1-3,6,14H,4,11H2,(H,12,17)(H,15,16). The number of nitro groups is 1. The number of carboxylic acid groups (broad SMARTS) is 1. The summed E-state index contributed by atoms with van der Waals surface area (Å²) < 4.78 is 0. The molecule has 0 aromatic heterocycles. The summed E-state index contributed by atoms with van der Waals surface area (Å²) in [5, 5.41) is 30.5. The second-order valence-corrected chi connectivity index (χ2v) is 3.65. The van der Waals surface area contributed by atoms with Crippen molar-refractivity contribution >= 4 is 23.3 Å². The van der Waals surface area contributed by atoms with Crippen molar-refractivity contribution in [3.8, 4) is 5.75 Å². The van der Waals surface area contributed by atoms with Crippen LogP contribution in [0.15, 0.2) is 18.2 Å². The molecule has 0 saturated carbocycles. The third-order valence-electron chi connectivity index (χ3n) is 2.17. The summed E-state index contributed by atoms with van der Waals surface area (Å²) in [6.45, 7) is 0. The number of aliphatic carboxylic acids is 1. The van der Waals surface area contributed by atoms with Crippen molar-refractivity contribution in [1.29, 1.82) is 0 Å². The van der Waals surface area contributed by atoms with Gasteiger partial charge in [0.25, 0.3) is 5.69 Å². The molecular formula is C10H11N3O6. The zero-order chi connectivity index (χ0) is 14.6. The van der Waals surface area contributed by atoms with E-state index in [2.05, 4.69) is 5.32 Å². The summed E-state index contributed by atoms with van der Waals surface area (Å²) in [4.78, 5) is 31.8. The van der Waals surface area contributed by atoms with Crippen molar-refractivity contribution in [2.24, 2.45) is 5.73 Å². The molecule has 1 atom stereocenters. The van der Waals surface area contributed by atoms with Gasteiger partial charge in [0.2, 0.25) is 5.91 Å². The van der Waals surface area contributed by atoms with E-state index in [0.717, 1.165) is 18.2 Å². The zero-order valence-corrected chi connectivity index (χ0v) is 9.57. The molecule has 0 fully saturated rings. The molecule has 1 rings (SSSR count). The number of anilines is 1. The molecule has 1 amide bonds. The first-order valence-corrected chi connectivity index (χ1v) is 5.07. The molecule has 1 aromatic carbocycles. The summed E-state index contributed by atoms with van der Waals surface area (Å²) in [7, 11) is 0. The molecule has 9 heteroatoms. The van der Waals surface area contributed by atoms with Gasteiger partial charge in [0, 0.05) is 0 Å². The van der Waals surface area contributed by atoms with Gasteiger partial charge in [-0.2, -0.15) is 0 Å². The van der Waals surface area contributed by atoms with Crippen LogP contribution in [0.1, 0.15) is 6.42 Å². The highest BCUT2D eigenvalue weighted by molar-refractivity contribution is 5.98. The molecule has 9 nitrogen and oxygen atoms in total. The molecular weight excluding hydrogens is 258 g/mol. The Kier molecular flexibility index (Phi) is 4.37. The van der Waals surface area contributed by atoms with E-state index in [1.807, 2.05) is 0 Å². The van der Waals surface area contributed by atoms with Crippen molar-refractivity contribution in [3.05, 3.63) is 28.3 Å². The number of amides is 1. The third kappa shape index (κ3) is 3.92. The van der Waals surface area contributed by atoms with Crippen LogP contribution in [-0.2, 0) is 9.59 Å². The minimum atomic E-state index is -1.33. The molecule has 102 valence electrons. The van der Waals surface area contributed by atoms with Gasteiger partial charge in [-0.05, 0) is 12.1 Å². The predicted octanol–water partition coefficient (Wildman–Crippen LogP) is 0.0409. The van der Waals surface area contributed by atoms with Gasteiger partial charge in [0.1, 0.15) is 11.4 Å². The van der Waals surface area contributed by atoms with Crippen molar-refractivity contribution in [3.63, 3.8) is 0 Å². The maximum Gasteiger partial charge on any atom is 0.305 e. The molecule has 0 spiro atoms. The predicted molar refractivity (Wildman–Crippen MR) is 63.6 cm³/mol. The average molecular weight is 269 g/mol. The molecule has 0 saturated heterocycles. The van der Waals surface area contributed by atoms with Crippen LogP contribution < -0.4 is 11.1 Å². The van der Waals surface area contributed by atoms with Crippen LogP contribution >= 0.6 is 0 Å². The quantitative estimate of drug-likeness (QED) is 0.334. The minimum absolute atomic E-state index is 0.173. The number of nitrogens with one attached hydrogen (secondary N) is 1. The van der Waals surface area contributed by atoms with E-state index in [1.54, 1.807) is 0 Å². The Morgan fingerprint density at radius 2 is 2.11 bits per heavy atom. The number of benzene rings is 1. The number of nitrogens with two attached hydrogens (primary N) is 1. The Balaban J connectivity index is 2.90. The lowest BCUT2D eigenvalue weighted by Gasteiger charge is -2.10. The van der Waals surface area contributed by atoms with Crippen molar-refractivity contribution in [2.45, 2.75) is 12.5 Å². The SMILES string of the molecule is NC(CC(=O)O)C(=O)Nc1ccc(O)cc1[N+](=O)[O-]. The van der Waals surface area contributed by atoms with Crippen molar-refractivity contribution in [2.75, 3.05) is 5.32 Å². The number of hydrogen-bond acceptors (Lipinski definition) is 6. The fourth-order valence-electron chi connectivity index (χ4n) is 1.28. The number of hydrogen-bond donors (Lipinski definition) is 4. The van der Waals surface area contributed by atoms with Crippen LogP contribution in [0.25, 0.3) is 0 Å². The van der Waals surface area contributed by atoms with E-state index in [9.17, 15) is 19.7 Å². The Labute approximate surface area is 106 Å². The molecule has 0 heterocycles. The van der Waals surface area contributed by atoms with Gasteiger partial charge in [-0.3, -0.25) is 19.7 Å². The van der Waals surface area contributed by atoms with Crippen LogP contribution in [0.2, 0.25) is 0 Å². The third-order valence-corrected chi connectivity index (χ3v) is 2.17. The largest absolute Gasteiger partial charge is 0.508 e. The molecule has 5 N–H and O–H groups in total. The lowest BCUT2D eigenvalue weighted by atomic mass is 10.2. The van der Waals surface area contributed by atoms with Crippen molar-refractivity contribution in [1.82, 2.24) is 0 Å². The van der Waals surface area contributed by atoms with Gasteiger partial charge >= 0.3 is 5.97 Å². The number of nitro benzene ring substituents is 1. The lowest BCUT2D eigenvalue weighted by Crippen LogP contribution is -2.37. The van der Waals surface area contributed by atoms with Crippen molar-refractivity contribution < 1.29 is 24.7 Å². The van der Waals surface area contributed by atoms with E-state index >= 15 is 0 Å². The van der Waals surface area contributed by atoms with Crippen LogP contribution in [0.5, 0.6) is 5.75 Å². The maximum atomic E-state index is 11.5. The number of phenolic OH excluding ortho intramolecular Hbond substituents is 1. The Morgan fingerprint density at radius 1 is 1.47 bits per heavy atom. The summed E-state index contributed by atoms with van der Waals surface area (Å²) >= 11 is 0. The highest BCUT2D eigenvalue weighted by Gasteiger charge is 2.21. The number of rotatable bonds is 5. The smallest absolute Gasteiger partial charge is 0.305 e. The second kappa shape index (κ2) is 5.78. The van der Waals surface area contributed by atoms with Gasteiger partial charge in [-0.1, -0.05) is 0 Å². The fourth-order valence-corrected chi connectivity index (χ4v) is 1.28. The van der Waals surface area contributed by atoms with Gasteiger partial charge in [0.15, 0.2) is 0 Å². The lowest BCUT2D eigenvalue weighted by molar-refractivity contribution is -0.384. The first-order valence-electron chi connectivity index (χ1n) is 5.07. The highest BCUT2D eigenvalue weighted by atomic mass is 16.6. The molecule has 1 aromatic rings. The number of phenols is 1. The number of aromatic hydroxyl groups is 1. The van der Waals surface area contributed by atoms with Crippen LogP contribution in [0.3, 0.4) is 0 Å². The van der Waals surface area contributed by atoms with E-state index < -0.39 is 34.9 Å². The molecule has 19 heavy (non-hydrogen) atoms. The monoisotopic (exact) mass is 269 g/mol. The van der Waals surface area contributed by atoms with Gasteiger partial charge in [-0.15, -0.1) is 0 Å². The topological polar surface area (TPSA) is 156 Å². The van der Waals surface area contributed by atoms with Crippen LogP contribution in [0, 0.1) is 10.1 Å². The summed E-state index contributed by atoms with van der Waals surface area (Å²) in [6.07, 6.45) is -0.599. The summed E-state index contributed by atoms with van der Waals surface area (Å²) in [5.74, 6) is -2.46. The summed E-state index contributed by atoms with van der Waals surface area (Å²) in [6, 6.07) is 1.80. The van der Waals surface area contributed by atoms with Crippen LogP contribution in [0.4, 0.5) is 11.4 Å². The van der Waals surface area contributed by atoms with Gasteiger partial charge in [-0.25, -0.2) is 0 Å². The Morgan fingerprint density at radius 3 is 2.63 bits per heavy atom.